The van der Waals surface area contributed by atoms with Crippen LogP contribution >= 0.6 is 19.6 Å². The number of unbranched alkanes of at least 4 members (excludes halogenated alkanes) is 13. The molecule has 0 spiro atoms. The molecule has 0 bridgehead atoms. The van der Waals surface area contributed by atoms with Crippen LogP contribution in [-0.4, -0.2) is 64.3 Å². The first-order valence-corrected chi connectivity index (χ1v) is 14.6. The first-order valence-electron chi connectivity index (χ1n) is 11.9. The summed E-state index contributed by atoms with van der Waals surface area (Å²) in [4.78, 5) is 21.6. The molecule has 0 heterocycles. The summed E-state index contributed by atoms with van der Waals surface area (Å²) < 4.78 is 19.4. The van der Waals surface area contributed by atoms with Gasteiger partial charge in [-0.1, -0.05) is 90.4 Å². The minimum Gasteiger partial charge on any atom is -0.394 e. The van der Waals surface area contributed by atoms with Gasteiger partial charge in [0.05, 0.1) is 25.9 Å². The first kappa shape index (κ1) is 33.5. The van der Waals surface area contributed by atoms with Gasteiger partial charge in [0.25, 0.3) is 0 Å². The van der Waals surface area contributed by atoms with E-state index in [4.69, 9.17) is 28.7 Å². The molecule has 0 radical (unpaired) electrons. The molecule has 0 rings (SSSR count). The minimum absolute atomic E-state index is 0.0400. The highest BCUT2D eigenvalue weighted by molar-refractivity contribution is 7.99. The third-order valence-electron chi connectivity index (χ3n) is 4.79. The van der Waals surface area contributed by atoms with Gasteiger partial charge in [-0.25, -0.2) is 4.57 Å². The molecule has 7 nitrogen and oxygen atoms in total. The summed E-state index contributed by atoms with van der Waals surface area (Å²) in [6.07, 6.45) is 19.7. The Morgan fingerprint density at radius 1 is 0.774 bits per heavy atom. The zero-order valence-corrected chi connectivity index (χ0v) is 21.6. The summed E-state index contributed by atoms with van der Waals surface area (Å²) in [6.45, 7) is 3.56. The van der Waals surface area contributed by atoms with E-state index in [1.807, 2.05) is 11.8 Å². The average Bonchev–Trinajstić information content (AvgIpc) is 2.71. The van der Waals surface area contributed by atoms with E-state index >= 15 is 0 Å². The maximum absolute atomic E-state index is 9.27. The zero-order chi connectivity index (χ0) is 23.6. The Balaban J connectivity index is 0. The Hall–Kier alpha value is 0.340. The van der Waals surface area contributed by atoms with Crippen molar-refractivity contribution in [2.24, 2.45) is 0 Å². The van der Waals surface area contributed by atoms with Crippen LogP contribution in [0.2, 0.25) is 0 Å². The summed E-state index contributed by atoms with van der Waals surface area (Å²) in [5.41, 5.74) is 0. The molecule has 190 valence electrons. The second kappa shape index (κ2) is 26.6. The van der Waals surface area contributed by atoms with Gasteiger partial charge < -0.3 is 29.3 Å². The highest BCUT2D eigenvalue weighted by Gasteiger charge is 2.07. The molecule has 9 heteroatoms. The Morgan fingerprint density at radius 2 is 1.19 bits per heavy atom. The van der Waals surface area contributed by atoms with Gasteiger partial charge in [-0.05, 0) is 12.2 Å². The zero-order valence-electron chi connectivity index (χ0n) is 19.9. The normalized spacial score (nSPS) is 12.5. The van der Waals surface area contributed by atoms with Gasteiger partial charge in [-0.3, -0.25) is 0 Å². The van der Waals surface area contributed by atoms with Crippen molar-refractivity contribution in [3.63, 3.8) is 0 Å². The lowest BCUT2D eigenvalue weighted by molar-refractivity contribution is 0.00140. The Bertz CT molecular complexity index is 375. The van der Waals surface area contributed by atoms with Crippen LogP contribution in [0, 0.1) is 0 Å². The fraction of sp³-hybridized carbons (Fsp3) is 1.00. The van der Waals surface area contributed by atoms with Crippen molar-refractivity contribution in [1.29, 1.82) is 0 Å². The van der Waals surface area contributed by atoms with Gasteiger partial charge >= 0.3 is 7.82 Å². The molecule has 0 aliphatic heterocycles. The molecule has 0 fully saturated rings. The quantitative estimate of drug-likeness (QED) is 0.120. The largest absolute Gasteiger partial charge is 0.466 e. The minimum atomic E-state index is -4.64. The third kappa shape index (κ3) is 37.9. The molecular formula is C22H49O7PS. The van der Waals surface area contributed by atoms with E-state index in [9.17, 15) is 5.11 Å². The number of hydrogen-bond donors (Lipinski definition) is 4. The topological polar surface area (TPSA) is 116 Å². The van der Waals surface area contributed by atoms with Gasteiger partial charge in [0.2, 0.25) is 0 Å². The Kier molecular flexibility index (Phi) is 28.7. The highest BCUT2D eigenvalue weighted by atomic mass is 32.2. The first-order chi connectivity index (χ1) is 14.8. The number of aliphatic hydroxyl groups is 1. The molecule has 0 aromatic carbocycles. The lowest BCUT2D eigenvalue weighted by Crippen LogP contribution is -2.22. The Morgan fingerprint density at radius 3 is 1.58 bits per heavy atom. The fourth-order valence-electron chi connectivity index (χ4n) is 3.07. The van der Waals surface area contributed by atoms with Crippen molar-refractivity contribution in [2.45, 2.75) is 103 Å². The van der Waals surface area contributed by atoms with Crippen LogP contribution in [0.3, 0.4) is 0 Å². The molecule has 1 unspecified atom stereocenters. The van der Waals surface area contributed by atoms with Gasteiger partial charge in [-0.15, -0.1) is 0 Å². The molecule has 0 amide bonds. The van der Waals surface area contributed by atoms with Crippen LogP contribution < -0.4 is 0 Å². The number of ether oxygens (including phenoxy) is 2. The van der Waals surface area contributed by atoms with Crippen molar-refractivity contribution >= 4 is 19.6 Å². The van der Waals surface area contributed by atoms with Crippen molar-refractivity contribution in [2.75, 3.05) is 38.4 Å². The van der Waals surface area contributed by atoms with E-state index in [1.54, 1.807) is 7.11 Å². The van der Waals surface area contributed by atoms with Crippen LogP contribution in [0.4, 0.5) is 0 Å². The van der Waals surface area contributed by atoms with Crippen molar-refractivity contribution in [3.8, 4) is 0 Å². The summed E-state index contributed by atoms with van der Waals surface area (Å²) in [5.74, 6) is 2.07. The van der Waals surface area contributed by atoms with E-state index in [0.29, 0.717) is 13.2 Å². The predicted octanol–water partition coefficient (Wildman–Crippen LogP) is 5.30. The van der Waals surface area contributed by atoms with Crippen molar-refractivity contribution in [3.05, 3.63) is 0 Å². The Labute approximate surface area is 194 Å². The molecule has 0 aliphatic rings. The molecule has 1 atom stereocenters. The van der Waals surface area contributed by atoms with E-state index in [0.717, 1.165) is 5.75 Å². The summed E-state index contributed by atoms with van der Waals surface area (Å²) in [5, 5.41) is 9.27. The lowest BCUT2D eigenvalue weighted by Gasteiger charge is -2.14. The lowest BCUT2D eigenvalue weighted by atomic mass is 10.0. The summed E-state index contributed by atoms with van der Waals surface area (Å²) >= 11 is 1.90. The number of phosphoric acid groups is 1. The van der Waals surface area contributed by atoms with E-state index in [2.05, 4.69) is 6.92 Å². The summed E-state index contributed by atoms with van der Waals surface area (Å²) in [6, 6.07) is 0. The molecule has 0 aromatic heterocycles. The highest BCUT2D eigenvalue weighted by Crippen LogP contribution is 2.25. The number of aliphatic hydroxyl groups excluding tert-OH is 1. The van der Waals surface area contributed by atoms with Crippen molar-refractivity contribution in [1.82, 2.24) is 0 Å². The number of rotatable bonds is 22. The van der Waals surface area contributed by atoms with Crippen LogP contribution in [0.15, 0.2) is 0 Å². The van der Waals surface area contributed by atoms with Crippen LogP contribution in [-0.2, 0) is 14.0 Å². The van der Waals surface area contributed by atoms with Gasteiger partial charge in [-0.2, -0.15) is 11.8 Å². The van der Waals surface area contributed by atoms with Gasteiger partial charge in [0, 0.05) is 12.9 Å². The average molecular weight is 489 g/mol. The SMILES string of the molecule is CCCCCCCCCCCCCCCCSCC(CO)OCCOC.O=P(O)(O)O. The molecule has 0 aromatic rings. The monoisotopic (exact) mass is 488 g/mol. The number of thioether (sulfide) groups is 1. The van der Waals surface area contributed by atoms with Crippen molar-refractivity contribution < 1.29 is 33.8 Å². The van der Waals surface area contributed by atoms with E-state index in [1.165, 1.54) is 95.6 Å². The van der Waals surface area contributed by atoms with Crippen LogP contribution in [0.25, 0.3) is 0 Å². The molecule has 0 saturated carbocycles. The fourth-order valence-corrected chi connectivity index (χ4v) is 4.10. The predicted molar refractivity (Wildman–Crippen MR) is 131 cm³/mol. The second-order valence-corrected chi connectivity index (χ2v) is 10.0. The van der Waals surface area contributed by atoms with Gasteiger partial charge in [0.15, 0.2) is 0 Å². The summed E-state index contributed by atoms with van der Waals surface area (Å²) in [7, 11) is -2.97. The molecular weight excluding hydrogens is 439 g/mol. The molecule has 0 saturated heterocycles. The molecule has 31 heavy (non-hydrogen) atoms. The number of methoxy groups -OCH3 is 1. The smallest absolute Gasteiger partial charge is 0.394 e. The van der Waals surface area contributed by atoms with E-state index < -0.39 is 7.82 Å². The molecule has 4 N–H and O–H groups in total. The number of hydrogen-bond acceptors (Lipinski definition) is 5. The maximum Gasteiger partial charge on any atom is 0.466 e. The maximum atomic E-state index is 9.27. The van der Waals surface area contributed by atoms with Crippen LogP contribution in [0.1, 0.15) is 96.8 Å². The van der Waals surface area contributed by atoms with Gasteiger partial charge in [0.1, 0.15) is 0 Å². The van der Waals surface area contributed by atoms with Crippen LogP contribution in [0.5, 0.6) is 0 Å². The molecule has 0 aliphatic carbocycles. The third-order valence-corrected chi connectivity index (χ3v) is 5.98. The standard InChI is InChI=1S/C22H46O3S.H3O4P/c1-3-4-5-6-7-8-9-10-11-12-13-14-15-16-19-26-21-22(20-23)25-18-17-24-2;1-5(2,3)4/h22-23H,3-21H2,1-2H3;(H3,1,2,3,4). The van der Waals surface area contributed by atoms with E-state index in [-0.39, 0.29) is 12.7 Å². The second-order valence-electron chi connectivity index (χ2n) is 7.85.